The van der Waals surface area contributed by atoms with E-state index in [1.807, 2.05) is 0 Å². The van der Waals surface area contributed by atoms with E-state index in [4.69, 9.17) is 4.74 Å². The third-order valence-corrected chi connectivity index (χ3v) is 3.08. The molecular weight excluding hydrogens is 257 g/mol. The maximum Gasteiger partial charge on any atom is 0.123 e. The van der Waals surface area contributed by atoms with Gasteiger partial charge >= 0.3 is 0 Å². The van der Waals surface area contributed by atoms with Crippen molar-refractivity contribution in [1.29, 1.82) is 0 Å². The van der Waals surface area contributed by atoms with Crippen molar-refractivity contribution >= 4 is 12.4 Å². The van der Waals surface area contributed by atoms with Crippen molar-refractivity contribution in [3.63, 3.8) is 0 Å². The summed E-state index contributed by atoms with van der Waals surface area (Å²) in [4.78, 5) is 0. The number of rotatable bonds is 3. The van der Waals surface area contributed by atoms with Crippen LogP contribution in [0.15, 0.2) is 24.3 Å². The number of hydrogen-bond donors (Lipinski definition) is 2. The second-order valence-corrected chi connectivity index (χ2v) is 4.57. The molecule has 0 bridgehead atoms. The second-order valence-electron chi connectivity index (χ2n) is 4.57. The van der Waals surface area contributed by atoms with Gasteiger partial charge in [0.15, 0.2) is 0 Å². The lowest BCUT2D eigenvalue weighted by atomic mass is 9.96. The molecular formula is C13H19ClFNO2. The van der Waals surface area contributed by atoms with Crippen molar-refractivity contribution in [2.75, 3.05) is 19.7 Å². The molecule has 3 nitrogen and oxygen atoms in total. The Morgan fingerprint density at radius 3 is 2.67 bits per heavy atom. The Bertz CT molecular complexity index is 351. The zero-order chi connectivity index (χ0) is 12.1. The summed E-state index contributed by atoms with van der Waals surface area (Å²) >= 11 is 0. The van der Waals surface area contributed by atoms with Gasteiger partial charge in [-0.25, -0.2) is 4.39 Å². The van der Waals surface area contributed by atoms with E-state index in [-0.39, 0.29) is 24.8 Å². The predicted molar refractivity (Wildman–Crippen MR) is 70.8 cm³/mol. The molecule has 2 N–H and O–H groups in total. The topological polar surface area (TPSA) is 41.5 Å². The quantitative estimate of drug-likeness (QED) is 0.888. The van der Waals surface area contributed by atoms with Crippen molar-refractivity contribution in [1.82, 2.24) is 5.32 Å². The highest BCUT2D eigenvalue weighted by Gasteiger charge is 2.28. The van der Waals surface area contributed by atoms with Crippen molar-refractivity contribution in [2.45, 2.75) is 24.9 Å². The molecule has 0 radical (unpaired) electrons. The molecule has 0 saturated carbocycles. The van der Waals surface area contributed by atoms with E-state index >= 15 is 0 Å². The molecule has 0 spiro atoms. The van der Waals surface area contributed by atoms with Crippen LogP contribution in [0.3, 0.4) is 0 Å². The van der Waals surface area contributed by atoms with Gasteiger partial charge in [-0.1, -0.05) is 0 Å². The summed E-state index contributed by atoms with van der Waals surface area (Å²) in [5.74, 6) is 0.312. The van der Waals surface area contributed by atoms with E-state index in [0.29, 0.717) is 12.2 Å². The molecule has 1 unspecified atom stereocenters. The zero-order valence-corrected chi connectivity index (χ0v) is 11.0. The molecule has 1 saturated heterocycles. The van der Waals surface area contributed by atoms with Crippen LogP contribution in [-0.4, -0.2) is 30.4 Å². The van der Waals surface area contributed by atoms with Crippen molar-refractivity contribution < 1.29 is 14.2 Å². The smallest absolute Gasteiger partial charge is 0.123 e. The molecule has 0 aromatic heterocycles. The third-order valence-electron chi connectivity index (χ3n) is 3.08. The zero-order valence-electron chi connectivity index (χ0n) is 10.2. The highest BCUT2D eigenvalue weighted by atomic mass is 35.5. The maximum atomic E-state index is 12.7. The molecule has 5 heteroatoms. The molecule has 1 aromatic rings. The Morgan fingerprint density at radius 1 is 1.22 bits per heavy atom. The molecule has 2 rings (SSSR count). The lowest BCUT2D eigenvalue weighted by molar-refractivity contribution is -0.0147. The molecule has 1 aromatic carbocycles. The van der Waals surface area contributed by atoms with Crippen molar-refractivity contribution in [3.05, 3.63) is 30.1 Å². The van der Waals surface area contributed by atoms with Crippen LogP contribution in [0.1, 0.15) is 19.3 Å². The molecule has 1 aliphatic rings. The standard InChI is InChI=1S/C13H18FNO2.ClH/c14-11-2-4-12(5-3-11)17-10-13(16)6-1-8-15-9-7-13;/h2-5,15-16H,1,6-10H2;1H. The fourth-order valence-electron chi connectivity index (χ4n) is 2.01. The van der Waals surface area contributed by atoms with Gasteiger partial charge in [0.1, 0.15) is 18.2 Å². The Labute approximate surface area is 113 Å². The summed E-state index contributed by atoms with van der Waals surface area (Å²) in [6, 6.07) is 5.86. The summed E-state index contributed by atoms with van der Waals surface area (Å²) in [5, 5.41) is 13.6. The minimum absolute atomic E-state index is 0. The first-order chi connectivity index (χ1) is 8.18. The minimum atomic E-state index is -0.766. The number of hydrogen-bond acceptors (Lipinski definition) is 3. The monoisotopic (exact) mass is 275 g/mol. The van der Waals surface area contributed by atoms with E-state index in [1.165, 1.54) is 12.1 Å². The largest absolute Gasteiger partial charge is 0.491 e. The lowest BCUT2D eigenvalue weighted by Gasteiger charge is -2.26. The van der Waals surface area contributed by atoms with Crippen molar-refractivity contribution in [3.8, 4) is 5.75 Å². The Balaban J connectivity index is 0.00000162. The molecule has 102 valence electrons. The molecule has 0 amide bonds. The van der Waals surface area contributed by atoms with Crippen LogP contribution in [0, 0.1) is 5.82 Å². The first kappa shape index (κ1) is 15.2. The summed E-state index contributed by atoms with van der Waals surface area (Å²) < 4.78 is 18.2. The SMILES string of the molecule is Cl.OC1(COc2ccc(F)cc2)CCCNCC1. The lowest BCUT2D eigenvalue weighted by Crippen LogP contribution is -2.36. The third kappa shape index (κ3) is 4.44. The predicted octanol–water partition coefficient (Wildman–Crippen LogP) is 2.13. The second kappa shape index (κ2) is 6.92. The van der Waals surface area contributed by atoms with Crippen LogP contribution >= 0.6 is 12.4 Å². The van der Waals surface area contributed by atoms with E-state index < -0.39 is 5.60 Å². The van der Waals surface area contributed by atoms with Crippen LogP contribution in [0.2, 0.25) is 0 Å². The highest BCUT2D eigenvalue weighted by molar-refractivity contribution is 5.85. The van der Waals surface area contributed by atoms with E-state index in [0.717, 1.165) is 25.9 Å². The van der Waals surface area contributed by atoms with Crippen LogP contribution < -0.4 is 10.1 Å². The molecule has 1 heterocycles. The van der Waals surface area contributed by atoms with E-state index in [9.17, 15) is 9.50 Å². The van der Waals surface area contributed by atoms with Gasteiger partial charge in [0.25, 0.3) is 0 Å². The van der Waals surface area contributed by atoms with Crippen LogP contribution in [0.25, 0.3) is 0 Å². The summed E-state index contributed by atoms with van der Waals surface area (Å²) in [5.41, 5.74) is -0.766. The fraction of sp³-hybridized carbons (Fsp3) is 0.538. The molecule has 1 fully saturated rings. The minimum Gasteiger partial charge on any atom is -0.491 e. The van der Waals surface area contributed by atoms with E-state index in [2.05, 4.69) is 5.32 Å². The summed E-state index contributed by atoms with van der Waals surface area (Å²) in [7, 11) is 0. The number of ether oxygens (including phenoxy) is 1. The van der Waals surface area contributed by atoms with Gasteiger partial charge in [-0.05, 0) is 56.6 Å². The van der Waals surface area contributed by atoms with Gasteiger partial charge in [-0.3, -0.25) is 0 Å². The molecule has 18 heavy (non-hydrogen) atoms. The van der Waals surface area contributed by atoms with Gasteiger partial charge in [0, 0.05) is 0 Å². The van der Waals surface area contributed by atoms with Crippen LogP contribution in [0.5, 0.6) is 5.75 Å². The molecule has 1 atom stereocenters. The van der Waals surface area contributed by atoms with Gasteiger partial charge in [-0.15, -0.1) is 12.4 Å². The highest BCUT2D eigenvalue weighted by Crippen LogP contribution is 2.21. The maximum absolute atomic E-state index is 12.7. The van der Waals surface area contributed by atoms with E-state index in [1.54, 1.807) is 12.1 Å². The van der Waals surface area contributed by atoms with Crippen LogP contribution in [-0.2, 0) is 0 Å². The van der Waals surface area contributed by atoms with Crippen LogP contribution in [0.4, 0.5) is 4.39 Å². The Kier molecular flexibility index (Phi) is 5.85. The number of aliphatic hydroxyl groups is 1. The van der Waals surface area contributed by atoms with Gasteiger partial charge in [-0.2, -0.15) is 0 Å². The number of nitrogens with one attached hydrogen (secondary N) is 1. The molecule has 0 aliphatic carbocycles. The average Bonchev–Trinajstić information content (AvgIpc) is 2.54. The van der Waals surface area contributed by atoms with Gasteiger partial charge in [0.05, 0.1) is 5.60 Å². The van der Waals surface area contributed by atoms with Crippen molar-refractivity contribution in [2.24, 2.45) is 0 Å². The first-order valence-electron chi connectivity index (χ1n) is 5.99. The first-order valence-corrected chi connectivity index (χ1v) is 5.99. The number of benzene rings is 1. The molecule has 1 aliphatic heterocycles. The summed E-state index contributed by atoms with van der Waals surface area (Å²) in [6.45, 7) is 2.02. The fourth-order valence-corrected chi connectivity index (χ4v) is 2.01. The van der Waals surface area contributed by atoms with Gasteiger partial charge < -0.3 is 15.2 Å². The average molecular weight is 276 g/mol. The number of halogens is 2. The Hall–Kier alpha value is -0.840. The normalized spacial score (nSPS) is 23.9. The summed E-state index contributed by atoms with van der Waals surface area (Å²) in [6.07, 6.45) is 2.37. The van der Waals surface area contributed by atoms with Gasteiger partial charge in [0.2, 0.25) is 0 Å². The Morgan fingerprint density at radius 2 is 1.94 bits per heavy atom.